The molecule has 1 aromatic heterocycles. The summed E-state index contributed by atoms with van der Waals surface area (Å²) in [5.41, 5.74) is 3.02. The Labute approximate surface area is 179 Å². The molecule has 6 heteroatoms. The van der Waals surface area contributed by atoms with Gasteiger partial charge in [-0.3, -0.25) is 0 Å². The second-order valence-electron chi connectivity index (χ2n) is 7.01. The van der Waals surface area contributed by atoms with Crippen LogP contribution in [0, 0.1) is 13.8 Å². The van der Waals surface area contributed by atoms with E-state index in [1.54, 1.807) is 54.8 Å². The van der Waals surface area contributed by atoms with Gasteiger partial charge in [0.25, 0.3) is 10.0 Å². The van der Waals surface area contributed by atoms with Gasteiger partial charge in [-0.15, -0.1) is 0 Å². The third kappa shape index (κ3) is 3.64. The zero-order valence-electron chi connectivity index (χ0n) is 16.6. The van der Waals surface area contributed by atoms with Gasteiger partial charge in [0.05, 0.1) is 21.2 Å². The fraction of sp³-hybridized carbons (Fsp3) is 0.0833. The van der Waals surface area contributed by atoms with Crippen LogP contribution in [-0.4, -0.2) is 16.6 Å². The molecule has 0 aliphatic carbocycles. The summed E-state index contributed by atoms with van der Waals surface area (Å²) < 4.78 is 40.8. The van der Waals surface area contributed by atoms with Crippen molar-refractivity contribution in [3.63, 3.8) is 0 Å². The molecule has 1 heterocycles. The van der Waals surface area contributed by atoms with Crippen molar-refractivity contribution >= 4 is 37.8 Å². The van der Waals surface area contributed by atoms with Crippen molar-refractivity contribution in [2.24, 2.45) is 0 Å². The summed E-state index contributed by atoms with van der Waals surface area (Å²) in [5, 5.41) is 2.41. The molecule has 0 spiro atoms. The molecule has 30 heavy (non-hydrogen) atoms. The smallest absolute Gasteiger partial charge is 0.250 e. The Morgan fingerprint density at radius 2 is 1.47 bits per heavy atom. The molecular weight excluding hydrogens is 414 g/mol. The molecule has 3 aromatic carbocycles. The van der Waals surface area contributed by atoms with Gasteiger partial charge >= 0.3 is 0 Å². The van der Waals surface area contributed by atoms with E-state index in [9.17, 15) is 12.6 Å². The van der Waals surface area contributed by atoms with Gasteiger partial charge in [0, 0.05) is 26.9 Å². The zero-order chi connectivity index (χ0) is 21.3. The highest BCUT2D eigenvalue weighted by molar-refractivity contribution is 7.90. The van der Waals surface area contributed by atoms with Crippen LogP contribution in [0.15, 0.2) is 94.1 Å². The second kappa shape index (κ2) is 8.05. The Morgan fingerprint density at radius 1 is 0.833 bits per heavy atom. The van der Waals surface area contributed by atoms with Crippen molar-refractivity contribution in [3.05, 3.63) is 101 Å². The Hall–Kier alpha value is -2.96. The van der Waals surface area contributed by atoms with Crippen LogP contribution in [0.4, 0.5) is 0 Å². The Bertz CT molecular complexity index is 1370. The van der Waals surface area contributed by atoms with Crippen LogP contribution in [0.1, 0.15) is 16.8 Å². The van der Waals surface area contributed by atoms with Gasteiger partial charge in [0.1, 0.15) is 0 Å². The molecule has 0 bridgehead atoms. The van der Waals surface area contributed by atoms with E-state index >= 15 is 0 Å². The Morgan fingerprint density at radius 3 is 2.17 bits per heavy atom. The molecule has 0 fully saturated rings. The number of rotatable bonds is 5. The van der Waals surface area contributed by atoms with Crippen LogP contribution in [0.25, 0.3) is 17.0 Å². The fourth-order valence-electron chi connectivity index (χ4n) is 3.46. The molecule has 0 saturated carbocycles. The van der Waals surface area contributed by atoms with Gasteiger partial charge in [-0.25, -0.2) is 16.6 Å². The van der Waals surface area contributed by atoms with E-state index in [0.717, 1.165) is 16.5 Å². The summed E-state index contributed by atoms with van der Waals surface area (Å²) >= 11 is 0. The number of nitrogens with zero attached hydrogens (tertiary/aromatic N) is 1. The molecule has 0 N–H and O–H groups in total. The maximum atomic E-state index is 13.4. The van der Waals surface area contributed by atoms with Crippen LogP contribution >= 0.6 is 0 Å². The topological polar surface area (TPSA) is 56.1 Å². The van der Waals surface area contributed by atoms with Gasteiger partial charge in [0.2, 0.25) is 0 Å². The number of para-hydroxylation sites is 1. The lowest BCUT2D eigenvalue weighted by Crippen LogP contribution is -2.14. The molecule has 0 radical (unpaired) electrons. The van der Waals surface area contributed by atoms with Crippen molar-refractivity contribution < 1.29 is 12.6 Å². The van der Waals surface area contributed by atoms with Gasteiger partial charge in [-0.2, -0.15) is 0 Å². The standard InChI is InChI=1S/C24H21NO3S2/c1-18-12-14-20(15-13-18)29(26)17-16-22-19(2)25(24-11-7-6-10-23(22)24)30(27,28)21-8-4-3-5-9-21/h3-17H,1-2H3/b17-16-. The molecule has 0 saturated heterocycles. The van der Waals surface area contributed by atoms with E-state index in [2.05, 4.69) is 0 Å². The van der Waals surface area contributed by atoms with Crippen molar-refractivity contribution in [1.29, 1.82) is 0 Å². The third-order valence-corrected chi connectivity index (χ3v) is 7.94. The number of aromatic nitrogens is 1. The summed E-state index contributed by atoms with van der Waals surface area (Å²) in [5.74, 6) is 0. The minimum atomic E-state index is -3.76. The molecule has 0 aliphatic rings. The average molecular weight is 436 g/mol. The first-order chi connectivity index (χ1) is 14.4. The first kappa shape index (κ1) is 20.3. The van der Waals surface area contributed by atoms with Gasteiger partial charge in [-0.05, 0) is 50.3 Å². The van der Waals surface area contributed by atoms with Crippen LogP contribution < -0.4 is 0 Å². The van der Waals surface area contributed by atoms with E-state index in [0.29, 0.717) is 16.1 Å². The largest absolute Gasteiger partial charge is 0.268 e. The lowest BCUT2D eigenvalue weighted by atomic mass is 10.1. The Balaban J connectivity index is 1.84. The first-order valence-electron chi connectivity index (χ1n) is 9.46. The Kier molecular flexibility index (Phi) is 5.45. The van der Waals surface area contributed by atoms with E-state index in [1.807, 2.05) is 49.4 Å². The van der Waals surface area contributed by atoms with E-state index in [-0.39, 0.29) is 4.90 Å². The first-order valence-corrected chi connectivity index (χ1v) is 12.1. The van der Waals surface area contributed by atoms with Crippen molar-refractivity contribution in [2.75, 3.05) is 0 Å². The number of hydrogen-bond donors (Lipinski definition) is 0. The van der Waals surface area contributed by atoms with Gasteiger partial charge < -0.3 is 0 Å². The highest BCUT2D eigenvalue weighted by atomic mass is 32.2. The second-order valence-corrected chi connectivity index (χ2v) is 10.1. The number of benzene rings is 3. The van der Waals surface area contributed by atoms with Crippen molar-refractivity contribution in [1.82, 2.24) is 3.97 Å². The quantitative estimate of drug-likeness (QED) is 0.429. The number of fused-ring (bicyclic) bond motifs is 1. The monoisotopic (exact) mass is 435 g/mol. The van der Waals surface area contributed by atoms with Crippen LogP contribution in [0.2, 0.25) is 0 Å². The maximum Gasteiger partial charge on any atom is 0.268 e. The third-order valence-electron chi connectivity index (χ3n) is 5.00. The summed E-state index contributed by atoms with van der Waals surface area (Å²) in [6.07, 6.45) is 1.75. The predicted molar refractivity (Wildman–Crippen MR) is 122 cm³/mol. The van der Waals surface area contributed by atoms with Crippen molar-refractivity contribution in [2.45, 2.75) is 23.6 Å². The zero-order valence-corrected chi connectivity index (χ0v) is 18.3. The van der Waals surface area contributed by atoms with Crippen LogP contribution in [0.5, 0.6) is 0 Å². The SMILES string of the molecule is Cc1ccc(S(=O)/C=C\c2c(C)n(S(=O)(=O)c3ccccc3)c3ccccc23)cc1. The van der Waals surface area contributed by atoms with Gasteiger partial charge in [0.15, 0.2) is 0 Å². The molecule has 1 unspecified atom stereocenters. The lowest BCUT2D eigenvalue weighted by Gasteiger charge is -2.10. The number of hydrogen-bond acceptors (Lipinski definition) is 3. The molecule has 0 aliphatic heterocycles. The van der Waals surface area contributed by atoms with Crippen molar-refractivity contribution in [3.8, 4) is 0 Å². The molecular formula is C24H21NO3S2. The van der Waals surface area contributed by atoms with E-state index < -0.39 is 20.8 Å². The molecule has 0 amide bonds. The van der Waals surface area contributed by atoms with Crippen LogP contribution in [0.3, 0.4) is 0 Å². The lowest BCUT2D eigenvalue weighted by molar-refractivity contribution is 0.588. The highest BCUT2D eigenvalue weighted by Crippen LogP contribution is 2.31. The molecule has 4 aromatic rings. The normalized spacial score (nSPS) is 13.1. The van der Waals surface area contributed by atoms with E-state index in [4.69, 9.17) is 0 Å². The highest BCUT2D eigenvalue weighted by Gasteiger charge is 2.23. The fourth-order valence-corrected chi connectivity index (χ4v) is 5.87. The number of aryl methyl sites for hydroxylation is 1. The molecule has 1 atom stereocenters. The summed E-state index contributed by atoms with van der Waals surface area (Å²) in [6, 6.07) is 23.3. The summed E-state index contributed by atoms with van der Waals surface area (Å²) in [7, 11) is -5.09. The summed E-state index contributed by atoms with van der Waals surface area (Å²) in [6.45, 7) is 3.75. The molecule has 152 valence electrons. The predicted octanol–water partition coefficient (Wildman–Crippen LogP) is 5.27. The maximum absolute atomic E-state index is 13.4. The minimum absolute atomic E-state index is 0.229. The van der Waals surface area contributed by atoms with Crippen LogP contribution in [-0.2, 0) is 20.8 Å². The van der Waals surface area contributed by atoms with Gasteiger partial charge in [-0.1, -0.05) is 54.1 Å². The molecule has 4 rings (SSSR count). The minimum Gasteiger partial charge on any atom is -0.250 e. The summed E-state index contributed by atoms with van der Waals surface area (Å²) in [4.78, 5) is 0.933. The average Bonchev–Trinajstić information content (AvgIpc) is 3.05. The molecule has 4 nitrogen and oxygen atoms in total. The van der Waals surface area contributed by atoms with E-state index in [1.165, 1.54) is 3.97 Å².